The second-order valence-electron chi connectivity index (χ2n) is 0.283. The zero-order chi connectivity index (χ0) is 3.58. The first-order valence-corrected chi connectivity index (χ1v) is 0.651. The van der Waals surface area contributed by atoms with Crippen LogP contribution in [0.25, 0.3) is 0 Å². The van der Waals surface area contributed by atoms with Gasteiger partial charge in [-0.3, -0.25) is 0 Å². The zero-order valence-corrected chi connectivity index (χ0v) is 10.9. The van der Waals surface area contributed by atoms with Crippen molar-refractivity contribution in [2.24, 2.45) is 0 Å². The minimum atomic E-state index is -1.83. The molecule has 3 nitrogen and oxygen atoms in total. The van der Waals surface area contributed by atoms with Gasteiger partial charge in [0.2, 0.25) is 0 Å². The predicted molar refractivity (Wildman–Crippen MR) is 27.2 cm³/mol. The van der Waals surface area contributed by atoms with E-state index in [1.165, 1.54) is 0 Å². The van der Waals surface area contributed by atoms with Crippen LogP contribution in [0.4, 0.5) is 4.79 Å². The van der Waals surface area contributed by atoms with Crippen LogP contribution in [0.15, 0.2) is 0 Å². The molecular formula is CH6CaO3Pb. The monoisotopic (exact) mass is 314 g/mol. The molecule has 5 heteroatoms. The Labute approximate surface area is 87.9 Å². The van der Waals surface area contributed by atoms with Crippen molar-refractivity contribution in [3.63, 3.8) is 0 Å². The van der Waals surface area contributed by atoms with Crippen molar-refractivity contribution in [2.75, 3.05) is 0 Å². The van der Waals surface area contributed by atoms with Crippen LogP contribution in [0.5, 0.6) is 0 Å². The third kappa shape index (κ3) is 51.3. The van der Waals surface area contributed by atoms with Crippen LogP contribution in [-0.4, -0.2) is 81.4 Å². The molecule has 2 N–H and O–H groups in total. The van der Waals surface area contributed by atoms with Gasteiger partial charge in [-0.2, -0.15) is 0 Å². The van der Waals surface area contributed by atoms with Crippen molar-refractivity contribution >= 4 is 71.2 Å². The van der Waals surface area contributed by atoms with Crippen LogP contribution in [-0.2, 0) is 0 Å². The molecule has 0 spiro atoms. The molecule has 0 atom stereocenters. The van der Waals surface area contributed by atoms with Crippen LogP contribution in [0.1, 0.15) is 2.85 Å². The summed E-state index contributed by atoms with van der Waals surface area (Å²) in [4.78, 5) is 8.56. The fourth-order valence-electron chi connectivity index (χ4n) is 0. The van der Waals surface area contributed by atoms with E-state index in [1.807, 2.05) is 0 Å². The number of rotatable bonds is 0. The van der Waals surface area contributed by atoms with Crippen LogP contribution < -0.4 is 0 Å². The Morgan fingerprint density at radius 2 is 1.50 bits per heavy atom. The van der Waals surface area contributed by atoms with Gasteiger partial charge < -0.3 is 13.1 Å². The summed E-state index contributed by atoms with van der Waals surface area (Å²) < 4.78 is 0. The molecule has 0 aliphatic heterocycles. The number of carbonyl (C=O) groups is 1. The summed E-state index contributed by atoms with van der Waals surface area (Å²) in [5, 5.41) is 13.9. The Kier molecular flexibility index (Phi) is 25.2. The van der Waals surface area contributed by atoms with E-state index in [0.717, 1.165) is 0 Å². The molecule has 0 heterocycles. The maximum atomic E-state index is 8.56. The van der Waals surface area contributed by atoms with Gasteiger partial charge in [0.15, 0.2) is 0 Å². The predicted octanol–water partition coefficient (Wildman–Crippen LogP) is -0.850. The fraction of sp³-hybridized carbons (Fsp3) is 0. The van der Waals surface area contributed by atoms with E-state index in [9.17, 15) is 0 Å². The van der Waals surface area contributed by atoms with Crippen LogP contribution >= 0.6 is 0 Å². The van der Waals surface area contributed by atoms with Crippen LogP contribution in [0.2, 0.25) is 0 Å². The molecule has 0 aromatic carbocycles. The Balaban J connectivity index is -0.00000000750. The Hall–Kier alpha value is 1.45. The molecule has 0 saturated carbocycles. The third-order valence-electron chi connectivity index (χ3n) is 0. The summed E-state index contributed by atoms with van der Waals surface area (Å²) in [6.45, 7) is 0. The molecule has 0 aromatic rings. The van der Waals surface area contributed by atoms with E-state index in [2.05, 4.69) is 0 Å². The van der Waals surface area contributed by atoms with Crippen molar-refractivity contribution in [3.8, 4) is 0 Å². The van der Waals surface area contributed by atoms with E-state index < -0.39 is 6.16 Å². The van der Waals surface area contributed by atoms with Gasteiger partial charge in [0.05, 0.1) is 0 Å². The average Bonchev–Trinajstić information content (AvgIpc) is 0.811. The number of hydrogen-bond acceptors (Lipinski definition) is 1. The molecule has 0 aromatic heterocycles. The number of hydrogen-bond donors (Lipinski definition) is 2. The van der Waals surface area contributed by atoms with Gasteiger partial charge in [0.25, 0.3) is 0 Å². The van der Waals surface area contributed by atoms with Crippen LogP contribution in [0, 0.1) is 0 Å². The first-order chi connectivity index (χ1) is 1.73. The fourth-order valence-corrected chi connectivity index (χ4v) is 0. The second-order valence-corrected chi connectivity index (χ2v) is 0.283. The van der Waals surface area contributed by atoms with Crippen molar-refractivity contribution < 1.29 is 17.9 Å². The SMILES string of the molecule is O=C(O)O.[Ca+2].[H-].[H-].[PbH2]. The van der Waals surface area contributed by atoms with Gasteiger partial charge in [0, 0.05) is 0 Å². The molecule has 0 unspecified atom stereocenters. The molecule has 0 fully saturated rings. The van der Waals surface area contributed by atoms with E-state index in [1.54, 1.807) is 0 Å². The van der Waals surface area contributed by atoms with E-state index in [0.29, 0.717) is 0 Å². The van der Waals surface area contributed by atoms with Gasteiger partial charge in [-0.05, 0) is 0 Å². The zero-order valence-electron chi connectivity index (χ0n) is 5.22. The average molecular weight is 313 g/mol. The summed E-state index contributed by atoms with van der Waals surface area (Å²) in [5.41, 5.74) is 0. The molecular weight excluding hydrogens is 307 g/mol. The quantitative estimate of drug-likeness (QED) is 0.573. The Bertz CT molecular complexity index is 40.3. The van der Waals surface area contributed by atoms with Gasteiger partial charge in [-0.1, -0.05) is 0 Å². The first-order valence-electron chi connectivity index (χ1n) is 0.651. The molecule has 0 amide bonds. The standard InChI is InChI=1S/CH2O3.Ca.Pb.4H/c2-1(3)4;;;;;;/h(H2,2,3,4);;;;;;/q;+2;;;;2*-1. The summed E-state index contributed by atoms with van der Waals surface area (Å²) in [6.07, 6.45) is -1.83. The van der Waals surface area contributed by atoms with Crippen molar-refractivity contribution in [2.45, 2.75) is 0 Å². The van der Waals surface area contributed by atoms with Crippen molar-refractivity contribution in [1.29, 1.82) is 0 Å². The third-order valence-corrected chi connectivity index (χ3v) is 0. The van der Waals surface area contributed by atoms with Gasteiger partial charge >= 0.3 is 71.2 Å². The summed E-state index contributed by atoms with van der Waals surface area (Å²) in [6, 6.07) is 0. The summed E-state index contributed by atoms with van der Waals surface area (Å²) in [5.74, 6) is 0. The van der Waals surface area contributed by atoms with Gasteiger partial charge in [-0.15, -0.1) is 0 Å². The van der Waals surface area contributed by atoms with E-state index in [-0.39, 0.29) is 67.9 Å². The van der Waals surface area contributed by atoms with Crippen molar-refractivity contribution in [3.05, 3.63) is 0 Å². The second kappa shape index (κ2) is 9.68. The molecule has 0 saturated heterocycles. The molecule has 34 valence electrons. The summed E-state index contributed by atoms with van der Waals surface area (Å²) >= 11 is 0. The maximum absolute atomic E-state index is 8.56. The molecule has 2 radical (unpaired) electrons. The first kappa shape index (κ1) is 15.7. The van der Waals surface area contributed by atoms with E-state index >= 15 is 0 Å². The Morgan fingerprint density at radius 3 is 1.50 bits per heavy atom. The minimum absolute atomic E-state index is 0. The van der Waals surface area contributed by atoms with E-state index in [4.69, 9.17) is 15.0 Å². The Morgan fingerprint density at radius 1 is 1.50 bits per heavy atom. The number of carboxylic acid groups (broad SMARTS) is 2. The molecule has 0 aliphatic rings. The van der Waals surface area contributed by atoms with Crippen LogP contribution in [0.3, 0.4) is 0 Å². The van der Waals surface area contributed by atoms with Gasteiger partial charge in [0.1, 0.15) is 0 Å². The van der Waals surface area contributed by atoms with Crippen molar-refractivity contribution in [1.82, 2.24) is 0 Å². The molecule has 0 rings (SSSR count). The summed E-state index contributed by atoms with van der Waals surface area (Å²) in [7, 11) is 0. The molecule has 6 heavy (non-hydrogen) atoms. The normalized spacial score (nSPS) is 4.00. The molecule has 0 aliphatic carbocycles. The topological polar surface area (TPSA) is 57.5 Å². The molecule has 0 bridgehead atoms. The van der Waals surface area contributed by atoms with Gasteiger partial charge in [-0.25, -0.2) is 4.79 Å².